The SMILES string of the molecule is O=C1c2ccccc2CCc2cc(Br)sc21. The summed E-state index contributed by atoms with van der Waals surface area (Å²) in [4.78, 5) is 13.2. The monoisotopic (exact) mass is 292 g/mol. The molecule has 0 unspecified atom stereocenters. The van der Waals surface area contributed by atoms with Crippen LogP contribution in [0.2, 0.25) is 0 Å². The molecule has 16 heavy (non-hydrogen) atoms. The maximum Gasteiger partial charge on any atom is 0.203 e. The van der Waals surface area contributed by atoms with Crippen LogP contribution in [0.25, 0.3) is 0 Å². The number of aryl methyl sites for hydroxylation is 2. The topological polar surface area (TPSA) is 17.1 Å². The van der Waals surface area contributed by atoms with Crippen molar-refractivity contribution in [2.24, 2.45) is 0 Å². The highest BCUT2D eigenvalue weighted by atomic mass is 79.9. The van der Waals surface area contributed by atoms with Crippen molar-refractivity contribution >= 4 is 33.0 Å². The van der Waals surface area contributed by atoms with Crippen molar-refractivity contribution in [3.63, 3.8) is 0 Å². The van der Waals surface area contributed by atoms with Gasteiger partial charge in [0, 0.05) is 5.56 Å². The lowest BCUT2D eigenvalue weighted by molar-refractivity contribution is 0.104. The maximum absolute atomic E-state index is 12.3. The summed E-state index contributed by atoms with van der Waals surface area (Å²) < 4.78 is 1.05. The van der Waals surface area contributed by atoms with Gasteiger partial charge in [0.25, 0.3) is 0 Å². The molecule has 0 saturated heterocycles. The predicted molar refractivity (Wildman–Crippen MR) is 69.3 cm³/mol. The van der Waals surface area contributed by atoms with Crippen molar-refractivity contribution in [3.8, 4) is 0 Å². The highest BCUT2D eigenvalue weighted by Gasteiger charge is 2.22. The zero-order chi connectivity index (χ0) is 11.1. The van der Waals surface area contributed by atoms with E-state index in [0.29, 0.717) is 0 Å². The minimum absolute atomic E-state index is 0.179. The Bertz CT molecular complexity index is 571. The van der Waals surface area contributed by atoms with Crippen molar-refractivity contribution < 1.29 is 4.79 Å². The van der Waals surface area contributed by atoms with Gasteiger partial charge in [-0.15, -0.1) is 11.3 Å². The summed E-state index contributed by atoms with van der Waals surface area (Å²) in [5.41, 5.74) is 3.22. The molecule has 1 aliphatic carbocycles. The minimum atomic E-state index is 0.179. The Morgan fingerprint density at radius 1 is 1.12 bits per heavy atom. The highest BCUT2D eigenvalue weighted by molar-refractivity contribution is 9.11. The van der Waals surface area contributed by atoms with Crippen LogP contribution >= 0.6 is 27.3 Å². The average molecular weight is 293 g/mol. The first-order chi connectivity index (χ1) is 7.75. The molecule has 0 fully saturated rings. The number of rotatable bonds is 0. The van der Waals surface area contributed by atoms with Crippen molar-refractivity contribution in [1.29, 1.82) is 0 Å². The summed E-state index contributed by atoms with van der Waals surface area (Å²) in [6.07, 6.45) is 1.91. The van der Waals surface area contributed by atoms with Gasteiger partial charge in [0.15, 0.2) is 0 Å². The lowest BCUT2D eigenvalue weighted by atomic mass is 10.0. The number of hydrogen-bond acceptors (Lipinski definition) is 2. The quantitative estimate of drug-likeness (QED) is 0.721. The van der Waals surface area contributed by atoms with Crippen LogP contribution < -0.4 is 0 Å². The van der Waals surface area contributed by atoms with E-state index in [1.807, 2.05) is 18.2 Å². The van der Waals surface area contributed by atoms with E-state index in [-0.39, 0.29) is 5.78 Å². The molecule has 0 amide bonds. The summed E-state index contributed by atoms with van der Waals surface area (Å²) in [5, 5.41) is 0. The van der Waals surface area contributed by atoms with E-state index in [1.54, 1.807) is 11.3 Å². The third-order valence-corrected chi connectivity index (χ3v) is 4.59. The molecule has 1 aromatic carbocycles. The standard InChI is InChI=1S/C13H9BrOS/c14-11-7-9-6-5-8-3-1-2-4-10(8)12(15)13(9)16-11/h1-4,7H,5-6H2. The Morgan fingerprint density at radius 3 is 2.75 bits per heavy atom. The first-order valence-corrected chi connectivity index (χ1v) is 6.77. The molecular formula is C13H9BrOS. The number of fused-ring (bicyclic) bond motifs is 2. The number of thiophene rings is 1. The first-order valence-electron chi connectivity index (χ1n) is 5.16. The molecule has 1 heterocycles. The first kappa shape index (κ1) is 10.2. The molecule has 0 radical (unpaired) electrons. The van der Waals surface area contributed by atoms with E-state index in [4.69, 9.17) is 0 Å². The molecule has 1 aromatic heterocycles. The largest absolute Gasteiger partial charge is 0.288 e. The molecule has 80 valence electrons. The summed E-state index contributed by atoms with van der Waals surface area (Å²) in [5.74, 6) is 0.179. The summed E-state index contributed by atoms with van der Waals surface area (Å²) in [6.45, 7) is 0. The molecule has 3 rings (SSSR count). The van der Waals surface area contributed by atoms with E-state index in [1.165, 1.54) is 11.1 Å². The minimum Gasteiger partial charge on any atom is -0.288 e. The Kier molecular flexibility index (Phi) is 2.45. The summed E-state index contributed by atoms with van der Waals surface area (Å²) >= 11 is 4.99. The molecule has 0 bridgehead atoms. The number of carbonyl (C=O) groups is 1. The fourth-order valence-corrected chi connectivity index (χ4v) is 3.78. The fourth-order valence-electron chi connectivity index (χ4n) is 2.12. The van der Waals surface area contributed by atoms with Gasteiger partial charge in [-0.25, -0.2) is 0 Å². The second-order valence-electron chi connectivity index (χ2n) is 3.89. The molecule has 0 saturated carbocycles. The zero-order valence-electron chi connectivity index (χ0n) is 8.50. The van der Waals surface area contributed by atoms with E-state index in [9.17, 15) is 4.79 Å². The molecule has 0 atom stereocenters. The van der Waals surface area contributed by atoms with E-state index < -0.39 is 0 Å². The molecule has 3 heteroatoms. The van der Waals surface area contributed by atoms with Crippen molar-refractivity contribution in [3.05, 3.63) is 55.7 Å². The van der Waals surface area contributed by atoms with Gasteiger partial charge in [-0.1, -0.05) is 24.3 Å². The lowest BCUT2D eigenvalue weighted by Crippen LogP contribution is -2.00. The van der Waals surface area contributed by atoms with Crippen LogP contribution in [0.15, 0.2) is 34.1 Å². The lowest BCUT2D eigenvalue weighted by Gasteiger charge is -2.02. The highest BCUT2D eigenvalue weighted by Crippen LogP contribution is 2.33. The van der Waals surface area contributed by atoms with Gasteiger partial charge in [-0.2, -0.15) is 0 Å². The third kappa shape index (κ3) is 1.55. The Balaban J connectivity index is 2.21. The predicted octanol–water partition coefficient (Wildman–Crippen LogP) is 3.84. The van der Waals surface area contributed by atoms with E-state index in [2.05, 4.69) is 28.1 Å². The Morgan fingerprint density at radius 2 is 1.88 bits per heavy atom. The Labute approximate surface area is 106 Å². The molecule has 2 aromatic rings. The molecular weight excluding hydrogens is 284 g/mol. The molecule has 1 nitrogen and oxygen atoms in total. The van der Waals surface area contributed by atoms with Crippen LogP contribution in [0.4, 0.5) is 0 Å². The average Bonchev–Trinajstić information content (AvgIpc) is 2.62. The second kappa shape index (κ2) is 3.82. The van der Waals surface area contributed by atoms with E-state index >= 15 is 0 Å². The van der Waals surface area contributed by atoms with Gasteiger partial charge in [-0.05, 0) is 46.0 Å². The van der Waals surface area contributed by atoms with Crippen molar-refractivity contribution in [2.75, 3.05) is 0 Å². The zero-order valence-corrected chi connectivity index (χ0v) is 10.9. The van der Waals surface area contributed by atoms with Crippen LogP contribution in [0, 0.1) is 0 Å². The third-order valence-electron chi connectivity index (χ3n) is 2.91. The van der Waals surface area contributed by atoms with Gasteiger partial charge < -0.3 is 0 Å². The van der Waals surface area contributed by atoms with Crippen LogP contribution in [0.1, 0.15) is 26.4 Å². The molecule has 0 aliphatic heterocycles. The van der Waals surface area contributed by atoms with Gasteiger partial charge in [-0.3, -0.25) is 4.79 Å². The normalized spacial score (nSPS) is 14.2. The maximum atomic E-state index is 12.3. The van der Waals surface area contributed by atoms with Crippen LogP contribution in [-0.4, -0.2) is 5.78 Å². The van der Waals surface area contributed by atoms with Gasteiger partial charge in [0.05, 0.1) is 8.66 Å². The van der Waals surface area contributed by atoms with Gasteiger partial charge in [0.1, 0.15) is 0 Å². The van der Waals surface area contributed by atoms with Crippen LogP contribution in [-0.2, 0) is 12.8 Å². The summed E-state index contributed by atoms with van der Waals surface area (Å²) in [7, 11) is 0. The smallest absolute Gasteiger partial charge is 0.203 e. The Hall–Kier alpha value is -0.930. The summed E-state index contributed by atoms with van der Waals surface area (Å²) in [6, 6.07) is 9.99. The number of benzene rings is 1. The van der Waals surface area contributed by atoms with Crippen molar-refractivity contribution in [2.45, 2.75) is 12.8 Å². The van der Waals surface area contributed by atoms with Crippen LogP contribution in [0.5, 0.6) is 0 Å². The number of hydrogen-bond donors (Lipinski definition) is 0. The molecule has 0 N–H and O–H groups in total. The van der Waals surface area contributed by atoms with Gasteiger partial charge in [0.2, 0.25) is 5.78 Å². The van der Waals surface area contributed by atoms with Crippen molar-refractivity contribution in [1.82, 2.24) is 0 Å². The molecule has 1 aliphatic rings. The molecule has 0 spiro atoms. The van der Waals surface area contributed by atoms with E-state index in [0.717, 1.165) is 27.1 Å². The fraction of sp³-hybridized carbons (Fsp3) is 0.154. The number of ketones is 1. The second-order valence-corrected chi connectivity index (χ2v) is 6.32. The van der Waals surface area contributed by atoms with Crippen LogP contribution in [0.3, 0.4) is 0 Å². The van der Waals surface area contributed by atoms with Gasteiger partial charge >= 0.3 is 0 Å². The number of carbonyl (C=O) groups excluding carboxylic acids is 1. The number of halogens is 1.